The average molecular weight is 303 g/mol. The third kappa shape index (κ3) is 2.74. The Morgan fingerprint density at radius 2 is 1.91 bits per heavy atom. The van der Waals surface area contributed by atoms with Crippen LogP contribution in [0, 0.1) is 0 Å². The number of piperazine rings is 1. The second kappa shape index (κ2) is 6.05. The highest BCUT2D eigenvalue weighted by molar-refractivity contribution is 5.77. The van der Waals surface area contributed by atoms with Gasteiger partial charge in [-0.15, -0.1) is 0 Å². The molecular formula is C15H17N3O4. The van der Waals surface area contributed by atoms with Crippen molar-refractivity contribution in [1.82, 2.24) is 14.4 Å². The number of amides is 2. The molecule has 2 heterocycles. The quantitative estimate of drug-likeness (QED) is 0.761. The van der Waals surface area contributed by atoms with Gasteiger partial charge in [-0.25, -0.2) is 4.79 Å². The van der Waals surface area contributed by atoms with E-state index in [1.54, 1.807) is 28.0 Å². The summed E-state index contributed by atoms with van der Waals surface area (Å²) in [7, 11) is 0. The first-order valence-electron chi connectivity index (χ1n) is 7.24. The molecule has 0 aliphatic carbocycles. The van der Waals surface area contributed by atoms with Crippen LogP contribution in [0.25, 0.3) is 11.1 Å². The molecule has 2 aromatic rings. The Morgan fingerprint density at radius 1 is 1.18 bits per heavy atom. The molecule has 0 bridgehead atoms. The highest BCUT2D eigenvalue weighted by Crippen LogP contribution is 2.12. The molecule has 22 heavy (non-hydrogen) atoms. The van der Waals surface area contributed by atoms with E-state index in [4.69, 9.17) is 4.42 Å². The fourth-order valence-electron chi connectivity index (χ4n) is 2.67. The van der Waals surface area contributed by atoms with E-state index in [-0.39, 0.29) is 12.3 Å². The molecule has 7 nitrogen and oxygen atoms in total. The third-order valence-electron chi connectivity index (χ3n) is 3.94. The van der Waals surface area contributed by atoms with E-state index >= 15 is 0 Å². The zero-order chi connectivity index (χ0) is 15.5. The molecule has 0 unspecified atom stereocenters. The van der Waals surface area contributed by atoms with Gasteiger partial charge in [0.15, 0.2) is 5.58 Å². The highest BCUT2D eigenvalue weighted by Gasteiger charge is 2.20. The predicted molar refractivity (Wildman–Crippen MR) is 79.3 cm³/mol. The van der Waals surface area contributed by atoms with Crippen LogP contribution in [0.2, 0.25) is 0 Å². The maximum atomic E-state index is 12.2. The molecule has 7 heteroatoms. The Morgan fingerprint density at radius 3 is 2.64 bits per heavy atom. The van der Waals surface area contributed by atoms with Gasteiger partial charge in [-0.05, 0) is 12.1 Å². The van der Waals surface area contributed by atoms with Crippen molar-refractivity contribution in [1.29, 1.82) is 0 Å². The molecule has 0 N–H and O–H groups in total. The number of rotatable bonds is 4. The summed E-state index contributed by atoms with van der Waals surface area (Å²) in [6.45, 7) is 2.49. The molecule has 0 radical (unpaired) electrons. The van der Waals surface area contributed by atoms with Crippen LogP contribution in [0.3, 0.4) is 0 Å². The van der Waals surface area contributed by atoms with E-state index in [1.807, 2.05) is 6.07 Å². The molecule has 1 aromatic carbocycles. The van der Waals surface area contributed by atoms with E-state index in [0.717, 1.165) is 6.41 Å². The van der Waals surface area contributed by atoms with Crippen LogP contribution in [0.4, 0.5) is 0 Å². The Balaban J connectivity index is 1.64. The number of para-hydroxylation sites is 2. The van der Waals surface area contributed by atoms with Gasteiger partial charge in [0.2, 0.25) is 12.3 Å². The largest absolute Gasteiger partial charge is 0.419 e. The van der Waals surface area contributed by atoms with E-state index in [9.17, 15) is 14.4 Å². The molecule has 1 fully saturated rings. The minimum absolute atomic E-state index is 0.0114. The Bertz CT molecular complexity index is 741. The molecule has 1 aliphatic heterocycles. The van der Waals surface area contributed by atoms with Crippen molar-refractivity contribution >= 4 is 23.4 Å². The molecule has 2 amide bonds. The fourth-order valence-corrected chi connectivity index (χ4v) is 2.67. The lowest BCUT2D eigenvalue weighted by Gasteiger charge is -2.32. The summed E-state index contributed by atoms with van der Waals surface area (Å²) in [4.78, 5) is 38.1. The van der Waals surface area contributed by atoms with Gasteiger partial charge in [0.1, 0.15) is 0 Å². The number of nitrogens with zero attached hydrogens (tertiary/aromatic N) is 3. The van der Waals surface area contributed by atoms with Crippen molar-refractivity contribution in [2.75, 3.05) is 26.2 Å². The molecule has 0 atom stereocenters. The predicted octanol–water partition coefficient (Wildman–Crippen LogP) is 0.285. The summed E-state index contributed by atoms with van der Waals surface area (Å²) in [5.74, 6) is -0.456. The number of fused-ring (bicyclic) bond motifs is 1. The second-order valence-electron chi connectivity index (χ2n) is 5.26. The van der Waals surface area contributed by atoms with Gasteiger partial charge >= 0.3 is 5.76 Å². The topological polar surface area (TPSA) is 75.8 Å². The highest BCUT2D eigenvalue weighted by atomic mass is 16.4. The summed E-state index contributed by atoms with van der Waals surface area (Å²) in [6.07, 6.45) is 1.05. The lowest BCUT2D eigenvalue weighted by atomic mass is 10.2. The van der Waals surface area contributed by atoms with E-state index in [1.165, 1.54) is 4.57 Å². The maximum Gasteiger partial charge on any atom is 0.419 e. The molecule has 116 valence electrons. The van der Waals surface area contributed by atoms with Crippen molar-refractivity contribution in [2.24, 2.45) is 0 Å². The van der Waals surface area contributed by atoms with Gasteiger partial charge in [0.25, 0.3) is 0 Å². The Labute approximate surface area is 126 Å². The number of hydrogen-bond donors (Lipinski definition) is 0. The maximum absolute atomic E-state index is 12.2. The number of oxazole rings is 1. The minimum atomic E-state index is -0.445. The molecule has 1 saturated heterocycles. The molecular weight excluding hydrogens is 286 g/mol. The zero-order valence-corrected chi connectivity index (χ0v) is 12.1. The van der Waals surface area contributed by atoms with Gasteiger partial charge in [-0.3, -0.25) is 14.2 Å². The first kappa shape index (κ1) is 14.4. The molecule has 1 aliphatic rings. The van der Waals surface area contributed by atoms with Gasteiger partial charge in [-0.1, -0.05) is 12.1 Å². The number of hydrogen-bond acceptors (Lipinski definition) is 4. The van der Waals surface area contributed by atoms with Gasteiger partial charge in [-0.2, -0.15) is 0 Å². The van der Waals surface area contributed by atoms with Crippen LogP contribution in [-0.2, 0) is 16.1 Å². The summed E-state index contributed by atoms with van der Waals surface area (Å²) >= 11 is 0. The van der Waals surface area contributed by atoms with Crippen molar-refractivity contribution in [3.05, 3.63) is 34.8 Å². The third-order valence-corrected chi connectivity index (χ3v) is 3.94. The first-order valence-corrected chi connectivity index (χ1v) is 7.24. The fraction of sp³-hybridized carbons (Fsp3) is 0.400. The smallest absolute Gasteiger partial charge is 0.408 e. The molecule has 0 spiro atoms. The summed E-state index contributed by atoms with van der Waals surface area (Å²) in [5, 5.41) is 0. The Kier molecular flexibility index (Phi) is 3.95. The van der Waals surface area contributed by atoms with Crippen LogP contribution in [-0.4, -0.2) is 52.9 Å². The molecule has 0 saturated carbocycles. The van der Waals surface area contributed by atoms with Crippen LogP contribution >= 0.6 is 0 Å². The number of carbonyl (C=O) groups is 2. The Hall–Kier alpha value is -2.57. The monoisotopic (exact) mass is 303 g/mol. The van der Waals surface area contributed by atoms with Gasteiger partial charge < -0.3 is 14.2 Å². The minimum Gasteiger partial charge on any atom is -0.408 e. The van der Waals surface area contributed by atoms with Crippen LogP contribution in [0.5, 0.6) is 0 Å². The lowest BCUT2D eigenvalue weighted by molar-refractivity contribution is -0.135. The van der Waals surface area contributed by atoms with E-state index in [0.29, 0.717) is 43.8 Å². The average Bonchev–Trinajstić information content (AvgIpc) is 2.88. The van der Waals surface area contributed by atoms with Crippen LogP contribution in [0.15, 0.2) is 33.5 Å². The van der Waals surface area contributed by atoms with Gasteiger partial charge in [0, 0.05) is 39.1 Å². The van der Waals surface area contributed by atoms with Gasteiger partial charge in [0.05, 0.1) is 5.52 Å². The number of benzene rings is 1. The summed E-state index contributed by atoms with van der Waals surface area (Å²) in [5.41, 5.74) is 1.23. The SMILES string of the molecule is O=CN1CCN(C(=O)CCn2c(=O)oc3ccccc32)CC1. The van der Waals surface area contributed by atoms with E-state index < -0.39 is 5.76 Å². The van der Waals surface area contributed by atoms with Crippen molar-refractivity contribution in [3.8, 4) is 0 Å². The lowest BCUT2D eigenvalue weighted by Crippen LogP contribution is -2.48. The van der Waals surface area contributed by atoms with Crippen molar-refractivity contribution < 1.29 is 14.0 Å². The number of aryl methyl sites for hydroxylation is 1. The second-order valence-corrected chi connectivity index (χ2v) is 5.26. The van der Waals surface area contributed by atoms with Crippen molar-refractivity contribution in [3.63, 3.8) is 0 Å². The zero-order valence-electron chi connectivity index (χ0n) is 12.1. The normalized spacial score (nSPS) is 15.3. The number of carbonyl (C=O) groups excluding carboxylic acids is 2. The van der Waals surface area contributed by atoms with Crippen LogP contribution in [0.1, 0.15) is 6.42 Å². The first-order chi connectivity index (χ1) is 10.7. The summed E-state index contributed by atoms with van der Waals surface area (Å²) in [6, 6.07) is 7.16. The van der Waals surface area contributed by atoms with E-state index in [2.05, 4.69) is 0 Å². The number of aromatic nitrogens is 1. The summed E-state index contributed by atoms with van der Waals surface area (Å²) < 4.78 is 6.62. The molecule has 3 rings (SSSR count). The van der Waals surface area contributed by atoms with Crippen LogP contribution < -0.4 is 5.76 Å². The van der Waals surface area contributed by atoms with Crippen molar-refractivity contribution in [2.45, 2.75) is 13.0 Å². The molecule has 1 aromatic heterocycles. The standard InChI is InChI=1S/C15H17N3O4/c19-11-16-7-9-17(10-8-16)14(20)5-6-18-12-3-1-2-4-13(12)22-15(18)21/h1-4,11H,5-10H2.